The van der Waals surface area contributed by atoms with Gasteiger partial charge in [-0.1, -0.05) is 103 Å². The Morgan fingerprint density at radius 2 is 1.50 bits per heavy atom. The molecule has 0 aliphatic carbocycles. The van der Waals surface area contributed by atoms with Crippen LogP contribution < -0.4 is 9.62 Å². The van der Waals surface area contributed by atoms with Crippen LogP contribution in [0.25, 0.3) is 0 Å². The van der Waals surface area contributed by atoms with Crippen molar-refractivity contribution in [2.24, 2.45) is 5.92 Å². The molecule has 0 bridgehead atoms. The third kappa shape index (κ3) is 8.54. The first-order chi connectivity index (χ1) is 21.1. The van der Waals surface area contributed by atoms with E-state index in [1.165, 1.54) is 23.1 Å². The third-order valence-electron chi connectivity index (χ3n) is 6.96. The second-order valence-corrected chi connectivity index (χ2v) is 13.5. The minimum atomic E-state index is -4.22. The molecule has 0 spiro atoms. The second kappa shape index (κ2) is 15.1. The van der Waals surface area contributed by atoms with Gasteiger partial charge in [0.2, 0.25) is 11.8 Å². The Kier molecular flexibility index (Phi) is 11.3. The summed E-state index contributed by atoms with van der Waals surface area (Å²) in [6.07, 6.45) is 0.146. The van der Waals surface area contributed by atoms with Crippen molar-refractivity contribution in [3.63, 3.8) is 0 Å². The van der Waals surface area contributed by atoms with Gasteiger partial charge in [-0.25, -0.2) is 12.8 Å². The summed E-state index contributed by atoms with van der Waals surface area (Å²) in [5.74, 6) is -1.46. The van der Waals surface area contributed by atoms with Crippen molar-refractivity contribution in [1.82, 2.24) is 10.2 Å². The highest BCUT2D eigenvalue weighted by molar-refractivity contribution is 9.10. The van der Waals surface area contributed by atoms with Crippen LogP contribution in [0, 0.1) is 11.7 Å². The quantitative estimate of drug-likeness (QED) is 0.182. The number of hydrogen-bond acceptors (Lipinski definition) is 4. The van der Waals surface area contributed by atoms with Gasteiger partial charge in [0.25, 0.3) is 10.0 Å². The molecule has 0 aliphatic heterocycles. The van der Waals surface area contributed by atoms with E-state index in [0.29, 0.717) is 11.0 Å². The van der Waals surface area contributed by atoms with Crippen LogP contribution in [0.15, 0.2) is 119 Å². The zero-order chi connectivity index (χ0) is 31.7. The molecule has 4 aromatic carbocycles. The maximum atomic E-state index is 15.0. The minimum absolute atomic E-state index is 0.00365. The highest BCUT2D eigenvalue weighted by atomic mass is 79.9. The summed E-state index contributed by atoms with van der Waals surface area (Å²) in [4.78, 5) is 29.4. The van der Waals surface area contributed by atoms with Gasteiger partial charge in [-0.15, -0.1) is 0 Å². The normalized spacial score (nSPS) is 12.0. The number of nitrogens with one attached hydrogen (secondary N) is 1. The molecule has 4 aromatic rings. The lowest BCUT2D eigenvalue weighted by molar-refractivity contribution is -0.140. The van der Waals surface area contributed by atoms with Gasteiger partial charge in [0.15, 0.2) is 0 Å². The van der Waals surface area contributed by atoms with Crippen molar-refractivity contribution in [1.29, 1.82) is 0 Å². The standard InChI is InChI=1S/C34H35BrFN3O4S/c1-25(2)22-37-34(41)32(20-26-12-5-3-6-13-26)38(23-27-14-9-10-19-31(27)36)33(40)24-39(29-16-11-15-28(35)21-29)44(42,43)30-17-7-4-8-18-30/h3-19,21,25,32H,20,22-24H2,1-2H3,(H,37,41)/t32-/m1/s1. The zero-order valence-electron chi connectivity index (χ0n) is 24.6. The Labute approximate surface area is 266 Å². The molecular weight excluding hydrogens is 645 g/mol. The van der Waals surface area contributed by atoms with Gasteiger partial charge in [-0.05, 0) is 47.9 Å². The van der Waals surface area contributed by atoms with E-state index in [2.05, 4.69) is 21.2 Å². The fourth-order valence-electron chi connectivity index (χ4n) is 4.67. The Morgan fingerprint density at radius 1 is 0.864 bits per heavy atom. The molecule has 1 N–H and O–H groups in total. The predicted octanol–water partition coefficient (Wildman–Crippen LogP) is 6.20. The SMILES string of the molecule is CC(C)CNC(=O)[C@@H](Cc1ccccc1)N(Cc1ccccc1F)C(=O)CN(c1cccc(Br)c1)S(=O)(=O)c1ccccc1. The Bertz CT molecular complexity index is 1670. The van der Waals surface area contributed by atoms with Crippen LogP contribution in [0.2, 0.25) is 0 Å². The number of sulfonamides is 1. The number of benzene rings is 4. The molecular formula is C34H35BrFN3O4S. The first-order valence-corrected chi connectivity index (χ1v) is 16.5. The van der Waals surface area contributed by atoms with Gasteiger partial charge < -0.3 is 10.2 Å². The van der Waals surface area contributed by atoms with Gasteiger partial charge in [-0.3, -0.25) is 13.9 Å². The summed E-state index contributed by atoms with van der Waals surface area (Å²) in [6.45, 7) is 3.43. The van der Waals surface area contributed by atoms with Crippen LogP contribution in [0.3, 0.4) is 0 Å². The van der Waals surface area contributed by atoms with Crippen molar-refractivity contribution in [2.75, 3.05) is 17.4 Å². The lowest BCUT2D eigenvalue weighted by atomic mass is 10.0. The van der Waals surface area contributed by atoms with Crippen LogP contribution in [-0.2, 0) is 32.6 Å². The number of anilines is 1. The smallest absolute Gasteiger partial charge is 0.264 e. The molecule has 0 saturated carbocycles. The molecule has 0 aromatic heterocycles. The fourth-order valence-corrected chi connectivity index (χ4v) is 6.48. The highest BCUT2D eigenvalue weighted by Gasteiger charge is 2.35. The molecule has 0 aliphatic rings. The highest BCUT2D eigenvalue weighted by Crippen LogP contribution is 2.27. The number of amides is 2. The van der Waals surface area contributed by atoms with Crippen molar-refractivity contribution in [2.45, 2.75) is 37.8 Å². The molecule has 0 fully saturated rings. The lowest BCUT2D eigenvalue weighted by Gasteiger charge is -2.34. The average molecular weight is 681 g/mol. The van der Waals surface area contributed by atoms with Crippen LogP contribution in [0.1, 0.15) is 25.0 Å². The largest absolute Gasteiger partial charge is 0.354 e. The molecule has 1 atom stereocenters. The maximum absolute atomic E-state index is 15.0. The Balaban J connectivity index is 1.80. The van der Waals surface area contributed by atoms with Crippen molar-refractivity contribution in [3.8, 4) is 0 Å². The van der Waals surface area contributed by atoms with Crippen molar-refractivity contribution in [3.05, 3.63) is 131 Å². The van der Waals surface area contributed by atoms with E-state index in [1.807, 2.05) is 44.2 Å². The van der Waals surface area contributed by atoms with Crippen LogP contribution >= 0.6 is 15.9 Å². The van der Waals surface area contributed by atoms with Gasteiger partial charge >= 0.3 is 0 Å². The third-order valence-corrected chi connectivity index (χ3v) is 9.24. The van der Waals surface area contributed by atoms with Crippen LogP contribution in [-0.4, -0.2) is 44.3 Å². The van der Waals surface area contributed by atoms with E-state index >= 15 is 0 Å². The summed E-state index contributed by atoms with van der Waals surface area (Å²) in [6, 6.07) is 28.7. The summed E-state index contributed by atoms with van der Waals surface area (Å²) >= 11 is 3.40. The Hall–Kier alpha value is -4.02. The molecule has 2 amide bonds. The van der Waals surface area contributed by atoms with E-state index in [9.17, 15) is 22.4 Å². The first kappa shape index (κ1) is 32.9. The molecule has 0 unspecified atom stereocenters. The monoisotopic (exact) mass is 679 g/mol. The maximum Gasteiger partial charge on any atom is 0.264 e. The summed E-state index contributed by atoms with van der Waals surface area (Å²) in [7, 11) is -4.22. The zero-order valence-corrected chi connectivity index (χ0v) is 27.0. The molecule has 0 heterocycles. The summed E-state index contributed by atoms with van der Waals surface area (Å²) < 4.78 is 44.6. The minimum Gasteiger partial charge on any atom is -0.354 e. The molecule has 0 saturated heterocycles. The fraction of sp³-hybridized carbons (Fsp3) is 0.235. The average Bonchev–Trinajstić information content (AvgIpc) is 3.02. The molecule has 7 nitrogen and oxygen atoms in total. The topological polar surface area (TPSA) is 86.8 Å². The van der Waals surface area contributed by atoms with E-state index in [0.717, 1.165) is 9.87 Å². The number of rotatable bonds is 13. The molecule has 10 heteroatoms. The van der Waals surface area contributed by atoms with Gasteiger partial charge in [0.05, 0.1) is 10.6 Å². The van der Waals surface area contributed by atoms with Gasteiger partial charge in [0.1, 0.15) is 18.4 Å². The van der Waals surface area contributed by atoms with Crippen LogP contribution in [0.4, 0.5) is 10.1 Å². The summed E-state index contributed by atoms with van der Waals surface area (Å²) in [5.41, 5.74) is 1.26. The first-order valence-electron chi connectivity index (χ1n) is 14.2. The Morgan fingerprint density at radius 3 is 2.14 bits per heavy atom. The van der Waals surface area contributed by atoms with E-state index in [1.54, 1.807) is 60.7 Å². The molecule has 4 rings (SSSR count). The van der Waals surface area contributed by atoms with E-state index in [-0.39, 0.29) is 35.0 Å². The van der Waals surface area contributed by atoms with E-state index in [4.69, 9.17) is 0 Å². The lowest BCUT2D eigenvalue weighted by Crippen LogP contribution is -2.53. The summed E-state index contributed by atoms with van der Waals surface area (Å²) in [5, 5.41) is 2.92. The van der Waals surface area contributed by atoms with Crippen molar-refractivity contribution < 1.29 is 22.4 Å². The van der Waals surface area contributed by atoms with Crippen LogP contribution in [0.5, 0.6) is 0 Å². The van der Waals surface area contributed by atoms with Gasteiger partial charge in [0, 0.05) is 29.5 Å². The number of carbonyl (C=O) groups excluding carboxylic acids is 2. The predicted molar refractivity (Wildman–Crippen MR) is 174 cm³/mol. The number of carbonyl (C=O) groups is 2. The van der Waals surface area contributed by atoms with Crippen molar-refractivity contribution >= 4 is 43.5 Å². The number of nitrogens with zero attached hydrogens (tertiary/aromatic N) is 2. The number of halogens is 2. The molecule has 44 heavy (non-hydrogen) atoms. The molecule has 0 radical (unpaired) electrons. The second-order valence-electron chi connectivity index (χ2n) is 10.8. The van der Waals surface area contributed by atoms with Gasteiger partial charge in [-0.2, -0.15) is 0 Å². The molecule has 230 valence electrons. The van der Waals surface area contributed by atoms with E-state index < -0.39 is 40.2 Å². The number of hydrogen-bond donors (Lipinski definition) is 1.